The van der Waals surface area contributed by atoms with E-state index < -0.39 is 0 Å². The fourth-order valence-corrected chi connectivity index (χ4v) is 4.43. The molecule has 0 radical (unpaired) electrons. The SMILES string of the molecule is CCCCCCCCSc1nc(NS)nc(SCCCCCCCC)n1. The molecule has 0 fully saturated rings. The third kappa shape index (κ3) is 12.3. The maximum Gasteiger partial charge on any atom is 0.237 e. The molecule has 150 valence electrons. The number of rotatable bonds is 17. The van der Waals surface area contributed by atoms with Crippen LogP contribution in [0.1, 0.15) is 90.9 Å². The first-order valence-electron chi connectivity index (χ1n) is 10.2. The van der Waals surface area contributed by atoms with E-state index in [1.807, 2.05) is 0 Å². The Morgan fingerprint density at radius 1 is 0.654 bits per heavy atom. The zero-order chi connectivity index (χ0) is 18.9. The summed E-state index contributed by atoms with van der Waals surface area (Å²) < 4.78 is 2.76. The van der Waals surface area contributed by atoms with E-state index in [-0.39, 0.29) is 0 Å². The summed E-state index contributed by atoms with van der Waals surface area (Å²) in [6, 6.07) is 0. The van der Waals surface area contributed by atoms with Gasteiger partial charge in [0.25, 0.3) is 0 Å². The van der Waals surface area contributed by atoms with Crippen LogP contribution >= 0.6 is 36.3 Å². The minimum Gasteiger partial charge on any atom is -0.301 e. The van der Waals surface area contributed by atoms with E-state index in [1.54, 1.807) is 23.5 Å². The second kappa shape index (κ2) is 17.0. The van der Waals surface area contributed by atoms with Gasteiger partial charge in [-0.1, -0.05) is 114 Å². The lowest BCUT2D eigenvalue weighted by Crippen LogP contribution is -2.00. The number of thioether (sulfide) groups is 2. The average molecular weight is 417 g/mol. The van der Waals surface area contributed by atoms with Crippen LogP contribution in [0.3, 0.4) is 0 Å². The third-order valence-corrected chi connectivity index (χ3v) is 6.22. The predicted octanol–water partition coefficient (Wildman–Crippen LogP) is 7.03. The minimum atomic E-state index is 0.555. The van der Waals surface area contributed by atoms with Crippen molar-refractivity contribution in [1.82, 2.24) is 15.0 Å². The Bertz CT molecular complexity index is 424. The highest BCUT2D eigenvalue weighted by Gasteiger charge is 2.07. The fraction of sp³-hybridized carbons (Fsp3) is 0.842. The van der Waals surface area contributed by atoms with Crippen molar-refractivity contribution in [2.45, 2.75) is 101 Å². The molecule has 0 atom stereocenters. The zero-order valence-corrected chi connectivity index (χ0v) is 19.0. The molecule has 26 heavy (non-hydrogen) atoms. The summed E-state index contributed by atoms with van der Waals surface area (Å²) in [6.45, 7) is 4.51. The molecule has 0 aliphatic heterocycles. The summed E-state index contributed by atoms with van der Waals surface area (Å²) in [5.74, 6) is 2.70. The highest BCUT2D eigenvalue weighted by Crippen LogP contribution is 2.23. The molecule has 0 spiro atoms. The molecule has 1 aromatic rings. The van der Waals surface area contributed by atoms with E-state index in [9.17, 15) is 0 Å². The Labute approximate surface area is 174 Å². The van der Waals surface area contributed by atoms with E-state index in [1.165, 1.54) is 77.0 Å². The van der Waals surface area contributed by atoms with Gasteiger partial charge >= 0.3 is 0 Å². The normalized spacial score (nSPS) is 11.0. The summed E-state index contributed by atoms with van der Waals surface area (Å²) in [5, 5.41) is 1.63. The summed E-state index contributed by atoms with van der Waals surface area (Å²) in [4.78, 5) is 13.4. The predicted molar refractivity (Wildman–Crippen MR) is 121 cm³/mol. The Morgan fingerprint density at radius 3 is 1.50 bits per heavy atom. The largest absolute Gasteiger partial charge is 0.301 e. The molecule has 1 heterocycles. The van der Waals surface area contributed by atoms with Crippen LogP contribution in [0.5, 0.6) is 0 Å². The van der Waals surface area contributed by atoms with E-state index in [4.69, 9.17) is 0 Å². The Balaban J connectivity index is 2.28. The van der Waals surface area contributed by atoms with Crippen LogP contribution < -0.4 is 4.72 Å². The van der Waals surface area contributed by atoms with Crippen molar-refractivity contribution in [1.29, 1.82) is 0 Å². The van der Waals surface area contributed by atoms with Crippen molar-refractivity contribution in [3.05, 3.63) is 0 Å². The average Bonchev–Trinajstić information content (AvgIpc) is 2.66. The van der Waals surface area contributed by atoms with Crippen molar-refractivity contribution < 1.29 is 0 Å². The number of anilines is 1. The van der Waals surface area contributed by atoms with Crippen LogP contribution in [0.2, 0.25) is 0 Å². The molecule has 0 aliphatic carbocycles. The molecule has 1 rings (SSSR count). The summed E-state index contributed by atoms with van der Waals surface area (Å²) in [5.41, 5.74) is 0. The number of nitrogens with zero attached hydrogens (tertiary/aromatic N) is 3. The first kappa shape index (κ1) is 23.9. The molecular formula is C19H36N4S3. The number of aromatic nitrogens is 3. The number of unbranched alkanes of at least 4 members (excludes halogenated alkanes) is 10. The van der Waals surface area contributed by atoms with E-state index in [0.717, 1.165) is 21.8 Å². The number of hydrogen-bond acceptors (Lipinski definition) is 7. The number of hydrogen-bond donors (Lipinski definition) is 2. The third-order valence-electron chi connectivity index (χ3n) is 4.15. The van der Waals surface area contributed by atoms with Crippen LogP contribution in [-0.2, 0) is 0 Å². The Kier molecular flexibility index (Phi) is 15.6. The number of nitrogens with one attached hydrogen (secondary N) is 1. The van der Waals surface area contributed by atoms with Gasteiger partial charge in [0, 0.05) is 11.5 Å². The topological polar surface area (TPSA) is 50.7 Å². The van der Waals surface area contributed by atoms with Crippen molar-refractivity contribution in [2.24, 2.45) is 0 Å². The van der Waals surface area contributed by atoms with Gasteiger partial charge in [-0.05, 0) is 12.8 Å². The van der Waals surface area contributed by atoms with Gasteiger partial charge in [0.15, 0.2) is 10.3 Å². The zero-order valence-electron chi connectivity index (χ0n) is 16.5. The van der Waals surface area contributed by atoms with Crippen molar-refractivity contribution in [3.8, 4) is 0 Å². The smallest absolute Gasteiger partial charge is 0.237 e. The second-order valence-electron chi connectivity index (χ2n) is 6.57. The molecule has 7 heteroatoms. The lowest BCUT2D eigenvalue weighted by molar-refractivity contribution is 0.626. The van der Waals surface area contributed by atoms with E-state index >= 15 is 0 Å². The molecule has 0 unspecified atom stereocenters. The van der Waals surface area contributed by atoms with Crippen LogP contribution in [0, 0.1) is 0 Å². The molecular weight excluding hydrogens is 380 g/mol. The molecule has 1 N–H and O–H groups in total. The van der Waals surface area contributed by atoms with Crippen LogP contribution in [-0.4, -0.2) is 26.5 Å². The van der Waals surface area contributed by atoms with Gasteiger partial charge < -0.3 is 4.72 Å². The first-order chi connectivity index (χ1) is 12.8. The molecule has 0 saturated heterocycles. The lowest BCUT2D eigenvalue weighted by Gasteiger charge is -2.06. The van der Waals surface area contributed by atoms with Gasteiger partial charge in [0.2, 0.25) is 5.95 Å². The maximum absolute atomic E-state index is 4.61. The monoisotopic (exact) mass is 416 g/mol. The van der Waals surface area contributed by atoms with Crippen molar-refractivity contribution in [3.63, 3.8) is 0 Å². The van der Waals surface area contributed by atoms with Gasteiger partial charge in [-0.15, -0.1) is 0 Å². The number of thiol groups is 1. The molecule has 0 saturated carbocycles. The molecule has 1 aromatic heterocycles. The van der Waals surface area contributed by atoms with Crippen LogP contribution in [0.4, 0.5) is 5.95 Å². The van der Waals surface area contributed by atoms with Gasteiger partial charge in [0.1, 0.15) is 0 Å². The lowest BCUT2D eigenvalue weighted by atomic mass is 10.1. The second-order valence-corrected chi connectivity index (χ2v) is 8.92. The molecule has 0 aliphatic rings. The van der Waals surface area contributed by atoms with Gasteiger partial charge in [-0.2, -0.15) is 15.0 Å². The summed E-state index contributed by atoms with van der Waals surface area (Å²) >= 11 is 7.56. The molecule has 0 amide bonds. The van der Waals surface area contributed by atoms with Crippen molar-refractivity contribution in [2.75, 3.05) is 16.2 Å². The summed E-state index contributed by atoms with van der Waals surface area (Å²) in [6.07, 6.45) is 15.8. The molecule has 4 nitrogen and oxygen atoms in total. The van der Waals surface area contributed by atoms with Gasteiger partial charge in [-0.3, -0.25) is 0 Å². The minimum absolute atomic E-state index is 0.555. The van der Waals surface area contributed by atoms with Crippen LogP contribution in [0.15, 0.2) is 10.3 Å². The Hall–Kier alpha value is -0.140. The molecule has 0 aromatic carbocycles. The van der Waals surface area contributed by atoms with E-state index in [0.29, 0.717) is 5.95 Å². The van der Waals surface area contributed by atoms with Crippen molar-refractivity contribution >= 4 is 42.3 Å². The standard InChI is InChI=1S/C19H36N4S3/c1-3-5-7-9-11-13-15-25-18-20-17(23-24)21-19(22-18)26-16-14-12-10-8-6-4-2/h24H,3-16H2,1-2H3,(H,20,21,22,23). The Morgan fingerprint density at radius 2 is 1.08 bits per heavy atom. The van der Waals surface area contributed by atoms with Gasteiger partial charge in [-0.25, -0.2) is 0 Å². The molecule has 0 bridgehead atoms. The van der Waals surface area contributed by atoms with E-state index in [2.05, 4.69) is 46.3 Å². The van der Waals surface area contributed by atoms with Crippen LogP contribution in [0.25, 0.3) is 0 Å². The summed E-state index contributed by atoms with van der Waals surface area (Å²) in [7, 11) is 0. The fourth-order valence-electron chi connectivity index (χ4n) is 2.61. The highest BCUT2D eigenvalue weighted by atomic mass is 32.2. The first-order valence-corrected chi connectivity index (χ1v) is 12.6. The maximum atomic E-state index is 4.61. The quantitative estimate of drug-likeness (QED) is 0.161. The highest BCUT2D eigenvalue weighted by molar-refractivity contribution is 7.99. The van der Waals surface area contributed by atoms with Gasteiger partial charge in [0.05, 0.1) is 0 Å².